The monoisotopic (exact) mass is 418 g/mol. The fourth-order valence-electron chi connectivity index (χ4n) is 3.58. The number of anilines is 1. The van der Waals surface area contributed by atoms with E-state index < -0.39 is 0 Å². The zero-order chi connectivity index (χ0) is 20.8. The first kappa shape index (κ1) is 21.7. The molecule has 0 spiro atoms. The molecule has 0 atom stereocenters. The molecule has 1 aliphatic heterocycles. The van der Waals surface area contributed by atoms with Gasteiger partial charge in [0.25, 0.3) is 0 Å². The Labute approximate surface area is 178 Å². The molecule has 0 unspecified atom stereocenters. The summed E-state index contributed by atoms with van der Waals surface area (Å²) in [4.78, 5) is 10.9. The molecular formula is C22H31ClN4O2. The number of aromatic nitrogens is 2. The lowest BCUT2D eigenvalue weighted by atomic mass is 10.0. The van der Waals surface area contributed by atoms with Crippen LogP contribution in [-0.4, -0.2) is 46.7 Å². The van der Waals surface area contributed by atoms with Gasteiger partial charge in [-0.05, 0) is 69.8 Å². The number of hydrogen-bond donors (Lipinski definition) is 1. The van der Waals surface area contributed by atoms with Crippen molar-refractivity contribution in [3.63, 3.8) is 0 Å². The van der Waals surface area contributed by atoms with Crippen LogP contribution >= 0.6 is 11.6 Å². The highest BCUT2D eigenvalue weighted by Crippen LogP contribution is 2.30. The second-order valence-electron chi connectivity index (χ2n) is 7.74. The van der Waals surface area contributed by atoms with Crippen molar-refractivity contribution in [2.75, 3.05) is 25.0 Å². The maximum Gasteiger partial charge on any atom is 0.224 e. The van der Waals surface area contributed by atoms with Gasteiger partial charge in [-0.15, -0.1) is 0 Å². The molecule has 1 aromatic carbocycles. The van der Waals surface area contributed by atoms with Crippen LogP contribution in [0.3, 0.4) is 0 Å². The molecule has 1 fully saturated rings. The van der Waals surface area contributed by atoms with Gasteiger partial charge in [0.15, 0.2) is 11.5 Å². The van der Waals surface area contributed by atoms with Gasteiger partial charge < -0.3 is 14.8 Å². The molecule has 1 aromatic heterocycles. The molecule has 1 aliphatic rings. The Bertz CT molecular complexity index is 787. The van der Waals surface area contributed by atoms with Crippen molar-refractivity contribution in [1.82, 2.24) is 14.9 Å². The molecule has 0 radical (unpaired) electrons. The molecule has 6 nitrogen and oxygen atoms in total. The predicted molar refractivity (Wildman–Crippen MR) is 117 cm³/mol. The molecule has 2 aromatic rings. The summed E-state index contributed by atoms with van der Waals surface area (Å²) in [6.45, 7) is 11.6. The van der Waals surface area contributed by atoms with Crippen LogP contribution in [0.1, 0.15) is 44.9 Å². The van der Waals surface area contributed by atoms with Gasteiger partial charge in [0.05, 0.1) is 12.7 Å². The van der Waals surface area contributed by atoms with E-state index in [0.29, 0.717) is 17.9 Å². The van der Waals surface area contributed by atoms with E-state index in [4.69, 9.17) is 21.1 Å². The molecule has 1 N–H and O–H groups in total. The Morgan fingerprint density at radius 3 is 2.59 bits per heavy atom. The lowest BCUT2D eigenvalue weighted by Crippen LogP contribution is -2.38. The third-order valence-corrected chi connectivity index (χ3v) is 5.01. The molecule has 3 rings (SSSR count). The average Bonchev–Trinajstić information content (AvgIpc) is 2.64. The molecule has 0 amide bonds. The summed E-state index contributed by atoms with van der Waals surface area (Å²) in [5.74, 6) is 2.45. The fourth-order valence-corrected chi connectivity index (χ4v) is 3.80. The maximum absolute atomic E-state index is 5.97. The Morgan fingerprint density at radius 1 is 1.17 bits per heavy atom. The lowest BCUT2D eigenvalue weighted by molar-refractivity contribution is 0.209. The maximum atomic E-state index is 5.97. The van der Waals surface area contributed by atoms with E-state index in [0.717, 1.165) is 55.5 Å². The Morgan fingerprint density at radius 2 is 1.93 bits per heavy atom. The van der Waals surface area contributed by atoms with Crippen molar-refractivity contribution in [3.8, 4) is 11.5 Å². The minimum absolute atomic E-state index is 0.125. The van der Waals surface area contributed by atoms with Crippen molar-refractivity contribution in [1.29, 1.82) is 0 Å². The van der Waals surface area contributed by atoms with Gasteiger partial charge in [-0.2, -0.15) is 0 Å². The van der Waals surface area contributed by atoms with Crippen LogP contribution in [-0.2, 0) is 6.54 Å². The lowest BCUT2D eigenvalue weighted by Gasteiger charge is -2.32. The van der Waals surface area contributed by atoms with Crippen LogP contribution in [0.15, 0.2) is 24.3 Å². The highest BCUT2D eigenvalue weighted by Gasteiger charge is 2.20. The molecule has 29 heavy (non-hydrogen) atoms. The highest BCUT2D eigenvalue weighted by molar-refractivity contribution is 6.28. The van der Waals surface area contributed by atoms with Gasteiger partial charge >= 0.3 is 0 Å². The Balaban J connectivity index is 1.55. The number of ether oxygens (including phenoxy) is 2. The van der Waals surface area contributed by atoms with Gasteiger partial charge in [0.2, 0.25) is 5.28 Å². The summed E-state index contributed by atoms with van der Waals surface area (Å²) < 4.78 is 11.7. The summed E-state index contributed by atoms with van der Waals surface area (Å²) in [5, 5.41) is 3.79. The molecule has 0 bridgehead atoms. The SMILES string of the molecule is CCOc1cc(CN2CCC(Nc3cc(C)nc(Cl)n3)CC2)ccc1OC(C)C. The van der Waals surface area contributed by atoms with Crippen LogP contribution in [0, 0.1) is 6.92 Å². The number of aryl methyl sites for hydroxylation is 1. The normalized spacial score (nSPS) is 15.5. The van der Waals surface area contributed by atoms with Gasteiger partial charge in [-0.25, -0.2) is 9.97 Å². The van der Waals surface area contributed by atoms with Crippen molar-refractivity contribution in [2.45, 2.75) is 59.2 Å². The van der Waals surface area contributed by atoms with Crippen LogP contribution in [0.25, 0.3) is 0 Å². The first-order chi connectivity index (χ1) is 13.9. The predicted octanol–water partition coefficient (Wildman–Crippen LogP) is 4.70. The van der Waals surface area contributed by atoms with E-state index in [1.807, 2.05) is 39.8 Å². The van der Waals surface area contributed by atoms with Crippen LogP contribution < -0.4 is 14.8 Å². The molecule has 7 heteroatoms. The highest BCUT2D eigenvalue weighted by atomic mass is 35.5. The van der Waals surface area contributed by atoms with Gasteiger partial charge in [-0.3, -0.25) is 4.90 Å². The largest absolute Gasteiger partial charge is 0.490 e. The third kappa shape index (κ3) is 6.47. The van der Waals surface area contributed by atoms with Crippen molar-refractivity contribution < 1.29 is 9.47 Å². The first-order valence-corrected chi connectivity index (χ1v) is 10.7. The average molecular weight is 419 g/mol. The smallest absolute Gasteiger partial charge is 0.224 e. The number of nitrogens with zero attached hydrogens (tertiary/aromatic N) is 3. The number of rotatable bonds is 8. The number of likely N-dealkylation sites (tertiary alicyclic amines) is 1. The summed E-state index contributed by atoms with van der Waals surface area (Å²) in [7, 11) is 0. The Kier molecular flexibility index (Phi) is 7.56. The number of benzene rings is 1. The van der Waals surface area contributed by atoms with Gasteiger partial charge in [0, 0.05) is 37.4 Å². The molecule has 158 valence electrons. The van der Waals surface area contributed by atoms with E-state index >= 15 is 0 Å². The zero-order valence-electron chi connectivity index (χ0n) is 17.7. The van der Waals surface area contributed by atoms with Crippen molar-refractivity contribution in [3.05, 3.63) is 40.8 Å². The third-order valence-electron chi connectivity index (χ3n) is 4.84. The molecule has 2 heterocycles. The van der Waals surface area contributed by atoms with E-state index in [-0.39, 0.29) is 6.10 Å². The second kappa shape index (κ2) is 10.1. The minimum atomic E-state index is 0.125. The van der Waals surface area contributed by atoms with E-state index in [9.17, 15) is 0 Å². The second-order valence-corrected chi connectivity index (χ2v) is 8.08. The summed E-state index contributed by atoms with van der Waals surface area (Å²) in [6, 6.07) is 8.61. The fraction of sp³-hybridized carbons (Fsp3) is 0.545. The minimum Gasteiger partial charge on any atom is -0.490 e. The van der Waals surface area contributed by atoms with E-state index in [1.165, 1.54) is 5.56 Å². The topological polar surface area (TPSA) is 59.5 Å². The van der Waals surface area contributed by atoms with Crippen LogP contribution in [0.4, 0.5) is 5.82 Å². The Hall–Kier alpha value is -2.05. The first-order valence-electron chi connectivity index (χ1n) is 10.4. The molecule has 1 saturated heterocycles. The number of piperidine rings is 1. The molecule has 0 saturated carbocycles. The van der Waals surface area contributed by atoms with Gasteiger partial charge in [-0.1, -0.05) is 6.07 Å². The van der Waals surface area contributed by atoms with Gasteiger partial charge in [0.1, 0.15) is 5.82 Å². The van der Waals surface area contributed by atoms with Crippen molar-refractivity contribution in [2.24, 2.45) is 0 Å². The zero-order valence-corrected chi connectivity index (χ0v) is 18.5. The number of halogens is 1. The van der Waals surface area contributed by atoms with E-state index in [1.54, 1.807) is 0 Å². The quantitative estimate of drug-likeness (QED) is 0.627. The summed E-state index contributed by atoms with van der Waals surface area (Å²) in [5.41, 5.74) is 2.12. The molecule has 0 aliphatic carbocycles. The van der Waals surface area contributed by atoms with E-state index in [2.05, 4.69) is 32.3 Å². The summed E-state index contributed by atoms with van der Waals surface area (Å²) >= 11 is 5.97. The number of hydrogen-bond acceptors (Lipinski definition) is 6. The molecular weight excluding hydrogens is 388 g/mol. The van der Waals surface area contributed by atoms with Crippen LogP contribution in [0.2, 0.25) is 5.28 Å². The number of nitrogens with one attached hydrogen (secondary N) is 1. The standard InChI is InChI=1S/C22H31ClN4O2/c1-5-28-20-13-17(6-7-19(20)29-15(2)3)14-27-10-8-18(9-11-27)25-21-12-16(4)24-22(23)26-21/h6-7,12-13,15,18H,5,8-11,14H2,1-4H3,(H,24,25,26). The van der Waals surface area contributed by atoms with Crippen LogP contribution in [0.5, 0.6) is 11.5 Å². The van der Waals surface area contributed by atoms with Crippen molar-refractivity contribution >= 4 is 17.4 Å². The summed E-state index contributed by atoms with van der Waals surface area (Å²) in [6.07, 6.45) is 2.25.